The van der Waals surface area contributed by atoms with Gasteiger partial charge in [0, 0.05) is 12.1 Å². The van der Waals surface area contributed by atoms with E-state index < -0.39 is 6.61 Å². The largest absolute Gasteiger partial charge is 0.492 e. The molecular formula is C19H16F2N4O2S. The molecule has 2 aromatic carbocycles. The summed E-state index contributed by atoms with van der Waals surface area (Å²) < 4.78 is 35.8. The van der Waals surface area contributed by atoms with Crippen LogP contribution in [0, 0.1) is 6.92 Å². The third-order valence-corrected chi connectivity index (χ3v) is 5.01. The molecule has 0 unspecified atom stereocenters. The lowest BCUT2D eigenvalue weighted by Crippen LogP contribution is -2.10. The number of rotatable bonds is 6. The van der Waals surface area contributed by atoms with E-state index in [1.807, 2.05) is 31.2 Å². The molecule has 0 aliphatic carbocycles. The smallest absolute Gasteiger partial charge is 0.388 e. The van der Waals surface area contributed by atoms with Crippen LogP contribution in [0.2, 0.25) is 0 Å². The minimum absolute atomic E-state index is 0.218. The zero-order valence-electron chi connectivity index (χ0n) is 14.9. The minimum Gasteiger partial charge on any atom is -0.492 e. The normalized spacial score (nSPS) is 11.5. The molecule has 28 heavy (non-hydrogen) atoms. The molecule has 0 spiro atoms. The van der Waals surface area contributed by atoms with Gasteiger partial charge in [0.05, 0.1) is 27.4 Å². The number of hydrogen-bond acceptors (Lipinski definition) is 7. The highest BCUT2D eigenvalue weighted by molar-refractivity contribution is 7.21. The summed E-state index contributed by atoms with van der Waals surface area (Å²) in [5.41, 5.74) is 9.06. The molecular weight excluding hydrogens is 386 g/mol. The maximum Gasteiger partial charge on any atom is 0.388 e. The molecule has 2 aromatic heterocycles. The standard InChI is InChI=1S/C19H16F2N4O2S/c1-10-6-12(17-14(7-10)24-16(9-23-17)27-19(20)21)18-25-13-3-2-11(26-5-4-22)8-15(13)28-18/h2-3,6-9,19H,4-5,22H2,1H3. The second-order valence-corrected chi connectivity index (χ2v) is 7.08. The van der Waals surface area contributed by atoms with Gasteiger partial charge in [-0.3, -0.25) is 0 Å². The summed E-state index contributed by atoms with van der Waals surface area (Å²) in [4.78, 5) is 13.1. The Morgan fingerprint density at radius 1 is 1.14 bits per heavy atom. The summed E-state index contributed by atoms with van der Waals surface area (Å²) in [7, 11) is 0. The Bertz CT molecular complexity index is 1150. The number of nitrogens with zero attached hydrogens (tertiary/aromatic N) is 3. The minimum atomic E-state index is -2.95. The van der Waals surface area contributed by atoms with Gasteiger partial charge in [0.25, 0.3) is 0 Å². The van der Waals surface area contributed by atoms with Gasteiger partial charge in [-0.2, -0.15) is 8.78 Å². The van der Waals surface area contributed by atoms with Crippen molar-refractivity contribution < 1.29 is 18.3 Å². The third-order valence-electron chi connectivity index (χ3n) is 3.96. The van der Waals surface area contributed by atoms with Crippen LogP contribution in [0.3, 0.4) is 0 Å². The molecule has 9 heteroatoms. The van der Waals surface area contributed by atoms with E-state index in [-0.39, 0.29) is 5.88 Å². The lowest BCUT2D eigenvalue weighted by Gasteiger charge is -2.07. The van der Waals surface area contributed by atoms with Crippen molar-refractivity contribution in [1.29, 1.82) is 0 Å². The van der Waals surface area contributed by atoms with Crippen LogP contribution in [0.4, 0.5) is 8.78 Å². The molecule has 6 nitrogen and oxygen atoms in total. The molecule has 0 fully saturated rings. The molecule has 0 atom stereocenters. The van der Waals surface area contributed by atoms with Crippen molar-refractivity contribution in [3.8, 4) is 22.2 Å². The topological polar surface area (TPSA) is 83.2 Å². The highest BCUT2D eigenvalue weighted by atomic mass is 32.1. The molecule has 4 rings (SSSR count). The zero-order valence-corrected chi connectivity index (χ0v) is 15.7. The number of alkyl halides is 2. The molecule has 0 aliphatic rings. The van der Waals surface area contributed by atoms with Crippen LogP contribution in [0.1, 0.15) is 5.56 Å². The monoisotopic (exact) mass is 402 g/mol. The van der Waals surface area contributed by atoms with Gasteiger partial charge in [0.15, 0.2) is 0 Å². The van der Waals surface area contributed by atoms with Crippen molar-refractivity contribution in [3.63, 3.8) is 0 Å². The van der Waals surface area contributed by atoms with Crippen molar-refractivity contribution in [2.45, 2.75) is 13.5 Å². The number of aryl methyl sites for hydroxylation is 1. The Balaban J connectivity index is 1.79. The van der Waals surface area contributed by atoms with Crippen LogP contribution in [0.5, 0.6) is 11.6 Å². The van der Waals surface area contributed by atoms with E-state index >= 15 is 0 Å². The van der Waals surface area contributed by atoms with E-state index in [2.05, 4.69) is 19.7 Å². The number of ether oxygens (including phenoxy) is 2. The van der Waals surface area contributed by atoms with Gasteiger partial charge < -0.3 is 15.2 Å². The second-order valence-electron chi connectivity index (χ2n) is 6.05. The fraction of sp³-hybridized carbons (Fsp3) is 0.211. The number of nitrogens with two attached hydrogens (primary N) is 1. The third kappa shape index (κ3) is 3.71. The number of thiazole rings is 1. The van der Waals surface area contributed by atoms with E-state index in [4.69, 9.17) is 10.5 Å². The molecule has 0 bridgehead atoms. The predicted octanol–water partition coefficient (Wildman–Crippen LogP) is 4.15. The summed E-state index contributed by atoms with van der Waals surface area (Å²) >= 11 is 1.49. The predicted molar refractivity (Wildman–Crippen MR) is 104 cm³/mol. The van der Waals surface area contributed by atoms with Crippen LogP contribution in [0.15, 0.2) is 36.5 Å². The molecule has 2 heterocycles. The number of aromatic nitrogens is 3. The Hall–Kier alpha value is -2.91. The number of halogens is 2. The molecule has 0 saturated heterocycles. The average molecular weight is 402 g/mol. The summed E-state index contributed by atoms with van der Waals surface area (Å²) in [6.07, 6.45) is 1.19. The molecule has 4 aromatic rings. The number of hydrogen-bond donors (Lipinski definition) is 1. The quantitative estimate of drug-likeness (QED) is 0.522. The van der Waals surface area contributed by atoms with Gasteiger partial charge in [0.2, 0.25) is 5.88 Å². The van der Waals surface area contributed by atoms with E-state index in [1.165, 1.54) is 17.5 Å². The van der Waals surface area contributed by atoms with E-state index in [9.17, 15) is 8.78 Å². The molecule has 144 valence electrons. The van der Waals surface area contributed by atoms with Gasteiger partial charge in [-0.1, -0.05) is 0 Å². The molecule has 2 N–H and O–H groups in total. The first-order valence-corrected chi connectivity index (χ1v) is 9.31. The zero-order chi connectivity index (χ0) is 19.7. The SMILES string of the molecule is Cc1cc(-c2nc3ccc(OCCN)cc3s2)c2ncc(OC(F)F)nc2c1. The summed E-state index contributed by atoms with van der Waals surface area (Å²) in [5.74, 6) is 0.515. The molecule has 0 radical (unpaired) electrons. The first-order valence-electron chi connectivity index (χ1n) is 8.49. The van der Waals surface area contributed by atoms with Crippen LogP contribution in [-0.2, 0) is 0 Å². The van der Waals surface area contributed by atoms with Crippen molar-refractivity contribution in [3.05, 3.63) is 42.1 Å². The van der Waals surface area contributed by atoms with Crippen molar-refractivity contribution >= 4 is 32.6 Å². The van der Waals surface area contributed by atoms with Gasteiger partial charge in [-0.05, 0) is 42.8 Å². The Morgan fingerprint density at radius 3 is 2.79 bits per heavy atom. The maximum atomic E-state index is 12.5. The average Bonchev–Trinajstić information content (AvgIpc) is 3.08. The van der Waals surface area contributed by atoms with Crippen LogP contribution in [0.25, 0.3) is 31.8 Å². The molecule has 0 amide bonds. The van der Waals surface area contributed by atoms with Crippen molar-refractivity contribution in [2.24, 2.45) is 5.73 Å². The highest BCUT2D eigenvalue weighted by Crippen LogP contribution is 2.36. The number of benzene rings is 2. The number of fused-ring (bicyclic) bond motifs is 2. The fourth-order valence-electron chi connectivity index (χ4n) is 2.85. The fourth-order valence-corrected chi connectivity index (χ4v) is 3.86. The second kappa shape index (κ2) is 7.61. The van der Waals surface area contributed by atoms with Crippen LogP contribution in [-0.4, -0.2) is 34.7 Å². The van der Waals surface area contributed by atoms with Crippen molar-refractivity contribution in [2.75, 3.05) is 13.2 Å². The Kier molecular flexibility index (Phi) is 5.01. The van der Waals surface area contributed by atoms with Crippen LogP contribution < -0.4 is 15.2 Å². The summed E-state index contributed by atoms with van der Waals surface area (Å²) in [6.45, 7) is -0.164. The lowest BCUT2D eigenvalue weighted by atomic mass is 10.1. The van der Waals surface area contributed by atoms with Crippen molar-refractivity contribution in [1.82, 2.24) is 15.0 Å². The van der Waals surface area contributed by atoms with Gasteiger partial charge in [0.1, 0.15) is 17.4 Å². The summed E-state index contributed by atoms with van der Waals surface area (Å²) in [5, 5.41) is 0.761. The summed E-state index contributed by atoms with van der Waals surface area (Å²) in [6, 6.07) is 9.39. The Morgan fingerprint density at radius 2 is 2.00 bits per heavy atom. The first-order chi connectivity index (χ1) is 13.5. The van der Waals surface area contributed by atoms with E-state index in [0.717, 1.165) is 32.1 Å². The van der Waals surface area contributed by atoms with E-state index in [1.54, 1.807) is 6.07 Å². The van der Waals surface area contributed by atoms with Gasteiger partial charge in [-0.25, -0.2) is 15.0 Å². The van der Waals surface area contributed by atoms with Gasteiger partial charge in [-0.15, -0.1) is 11.3 Å². The molecule has 0 saturated carbocycles. The highest BCUT2D eigenvalue weighted by Gasteiger charge is 2.15. The van der Waals surface area contributed by atoms with Crippen LogP contribution >= 0.6 is 11.3 Å². The first kappa shape index (κ1) is 18.5. The van der Waals surface area contributed by atoms with E-state index in [0.29, 0.717) is 24.2 Å². The molecule has 0 aliphatic heterocycles. The Labute approximate surface area is 163 Å². The maximum absolute atomic E-state index is 12.5. The lowest BCUT2D eigenvalue weighted by molar-refractivity contribution is -0.0528. The van der Waals surface area contributed by atoms with Gasteiger partial charge >= 0.3 is 6.61 Å².